The number of fused-ring (bicyclic) bond motifs is 2. The van der Waals surface area contributed by atoms with Crippen LogP contribution in [0.1, 0.15) is 22.3 Å². The van der Waals surface area contributed by atoms with E-state index in [1.54, 1.807) is 25.1 Å². The summed E-state index contributed by atoms with van der Waals surface area (Å²) in [6.07, 6.45) is -2.32. The SMILES string of the molecule is Cc1ccc2c(F)c(/C=C/c3ccc4c(F)c(C#CC(F)(F)F)c(F)cc4c3)c(F)cc2c1. The molecule has 0 nitrogen and oxygen atoms in total. The van der Waals surface area contributed by atoms with Crippen molar-refractivity contribution in [2.45, 2.75) is 13.1 Å². The summed E-state index contributed by atoms with van der Waals surface area (Å²) in [5.74, 6) is -1.66. The standard InChI is InChI=1S/C26H13F7/c1-14-2-5-18-16(10-14)12-22(27)20(24(18)29)7-4-15-3-6-19-17(11-15)13-23(28)21(25(19)30)8-9-26(31,32)33/h2-7,10-13H,1H3/b7-4+. The number of rotatable bonds is 2. The van der Waals surface area contributed by atoms with E-state index in [0.29, 0.717) is 10.9 Å². The Balaban J connectivity index is 1.74. The van der Waals surface area contributed by atoms with Crippen LogP contribution in [0.25, 0.3) is 33.7 Å². The zero-order valence-electron chi connectivity index (χ0n) is 16.9. The Labute approximate surface area is 184 Å². The number of benzene rings is 4. The second-order valence-electron chi connectivity index (χ2n) is 7.42. The summed E-state index contributed by atoms with van der Waals surface area (Å²) in [5.41, 5.74) is -0.0359. The second kappa shape index (κ2) is 8.28. The molecule has 4 aromatic rings. The Kier molecular flexibility index (Phi) is 5.62. The van der Waals surface area contributed by atoms with Crippen molar-refractivity contribution in [3.63, 3.8) is 0 Å². The zero-order chi connectivity index (χ0) is 23.9. The summed E-state index contributed by atoms with van der Waals surface area (Å²) in [7, 11) is 0. The lowest BCUT2D eigenvalue weighted by Crippen LogP contribution is -2.02. The van der Waals surface area contributed by atoms with Gasteiger partial charge in [-0.25, -0.2) is 17.6 Å². The third kappa shape index (κ3) is 4.56. The zero-order valence-corrected chi connectivity index (χ0v) is 16.9. The van der Waals surface area contributed by atoms with Crippen molar-refractivity contribution in [1.29, 1.82) is 0 Å². The molecule has 0 atom stereocenters. The van der Waals surface area contributed by atoms with Crippen LogP contribution in [0.5, 0.6) is 0 Å². The summed E-state index contributed by atoms with van der Waals surface area (Å²) in [4.78, 5) is 0. The van der Waals surface area contributed by atoms with Crippen molar-refractivity contribution in [3.8, 4) is 11.8 Å². The Morgan fingerprint density at radius 3 is 2.09 bits per heavy atom. The average molecular weight is 458 g/mol. The molecule has 0 radical (unpaired) electrons. The molecule has 0 unspecified atom stereocenters. The van der Waals surface area contributed by atoms with E-state index in [0.717, 1.165) is 17.6 Å². The molecule has 7 heteroatoms. The average Bonchev–Trinajstić information content (AvgIpc) is 2.72. The van der Waals surface area contributed by atoms with E-state index in [2.05, 4.69) is 0 Å². The summed E-state index contributed by atoms with van der Waals surface area (Å²) in [5, 5.41) is 0.582. The van der Waals surface area contributed by atoms with E-state index in [-0.39, 0.29) is 21.7 Å². The summed E-state index contributed by atoms with van der Waals surface area (Å²) < 4.78 is 94.9. The molecule has 0 spiro atoms. The molecule has 0 bridgehead atoms. The van der Waals surface area contributed by atoms with E-state index >= 15 is 0 Å². The molecule has 0 amide bonds. The highest BCUT2D eigenvalue weighted by atomic mass is 19.4. The lowest BCUT2D eigenvalue weighted by molar-refractivity contribution is -0.0696. The van der Waals surface area contributed by atoms with E-state index in [1.165, 1.54) is 42.3 Å². The van der Waals surface area contributed by atoms with E-state index in [1.807, 2.05) is 0 Å². The number of hydrogen-bond donors (Lipinski definition) is 0. The van der Waals surface area contributed by atoms with Gasteiger partial charge in [-0.15, -0.1) is 0 Å². The molecule has 0 aliphatic carbocycles. The van der Waals surface area contributed by atoms with E-state index < -0.39 is 35.0 Å². The molecule has 33 heavy (non-hydrogen) atoms. The van der Waals surface area contributed by atoms with Crippen molar-refractivity contribution < 1.29 is 30.7 Å². The van der Waals surface area contributed by atoms with Crippen LogP contribution in [0.15, 0.2) is 48.5 Å². The monoisotopic (exact) mass is 458 g/mol. The molecule has 0 saturated carbocycles. The first kappa shape index (κ1) is 22.4. The molecule has 0 aromatic heterocycles. The number of aryl methyl sites for hydroxylation is 1. The van der Waals surface area contributed by atoms with Crippen LogP contribution in [0.4, 0.5) is 30.7 Å². The van der Waals surface area contributed by atoms with Crippen LogP contribution in [0.3, 0.4) is 0 Å². The molecule has 0 aliphatic heterocycles. The normalized spacial score (nSPS) is 11.9. The topological polar surface area (TPSA) is 0 Å². The molecule has 0 aliphatic rings. The quantitative estimate of drug-likeness (QED) is 0.163. The van der Waals surface area contributed by atoms with Crippen LogP contribution >= 0.6 is 0 Å². The van der Waals surface area contributed by atoms with Crippen molar-refractivity contribution in [1.82, 2.24) is 0 Å². The predicted octanol–water partition coefficient (Wildman–Crippen LogP) is 7.94. The first-order valence-electron chi connectivity index (χ1n) is 9.61. The third-order valence-corrected chi connectivity index (χ3v) is 5.04. The van der Waals surface area contributed by atoms with Crippen molar-refractivity contribution in [2.75, 3.05) is 0 Å². The van der Waals surface area contributed by atoms with Gasteiger partial charge < -0.3 is 0 Å². The fraction of sp³-hybridized carbons (Fsp3) is 0.0769. The Morgan fingerprint density at radius 2 is 1.36 bits per heavy atom. The van der Waals surface area contributed by atoms with Crippen LogP contribution in [0.2, 0.25) is 0 Å². The largest absolute Gasteiger partial charge is 0.458 e. The minimum Gasteiger partial charge on any atom is -0.206 e. The molecule has 0 fully saturated rings. The Hall–Kier alpha value is -3.79. The Bertz CT molecular complexity index is 1500. The molecule has 4 aromatic carbocycles. The lowest BCUT2D eigenvalue weighted by atomic mass is 10.0. The van der Waals surface area contributed by atoms with Gasteiger partial charge in [0.2, 0.25) is 0 Å². The third-order valence-electron chi connectivity index (χ3n) is 5.04. The molecule has 0 saturated heterocycles. The molecule has 0 N–H and O–H groups in total. The van der Waals surface area contributed by atoms with Crippen molar-refractivity contribution in [2.24, 2.45) is 0 Å². The van der Waals surface area contributed by atoms with Crippen molar-refractivity contribution >= 4 is 33.7 Å². The molecule has 166 valence electrons. The maximum Gasteiger partial charge on any atom is 0.458 e. The molecule has 0 heterocycles. The number of alkyl halides is 3. The highest BCUT2D eigenvalue weighted by Crippen LogP contribution is 2.28. The molecule has 4 rings (SSSR count). The first-order valence-corrected chi connectivity index (χ1v) is 9.61. The van der Waals surface area contributed by atoms with Gasteiger partial charge >= 0.3 is 6.18 Å². The first-order chi connectivity index (χ1) is 15.5. The van der Waals surface area contributed by atoms with Crippen molar-refractivity contribution in [3.05, 3.63) is 94.1 Å². The summed E-state index contributed by atoms with van der Waals surface area (Å²) in [6, 6.07) is 11.0. The van der Waals surface area contributed by atoms with Gasteiger partial charge in [0.15, 0.2) is 0 Å². The molecular weight excluding hydrogens is 445 g/mol. The number of hydrogen-bond acceptors (Lipinski definition) is 0. The maximum atomic E-state index is 14.8. The second-order valence-corrected chi connectivity index (χ2v) is 7.42. The minimum atomic E-state index is -4.89. The van der Waals surface area contributed by atoms with Gasteiger partial charge in [0.05, 0.1) is 5.56 Å². The van der Waals surface area contributed by atoms with Gasteiger partial charge in [-0.1, -0.05) is 47.9 Å². The smallest absolute Gasteiger partial charge is 0.206 e. The van der Waals surface area contributed by atoms with Crippen LogP contribution in [0, 0.1) is 42.0 Å². The van der Waals surface area contributed by atoms with Crippen LogP contribution in [-0.2, 0) is 0 Å². The lowest BCUT2D eigenvalue weighted by Gasteiger charge is -2.07. The van der Waals surface area contributed by atoms with Crippen LogP contribution in [-0.4, -0.2) is 6.18 Å². The number of halogens is 7. The summed E-state index contributed by atoms with van der Waals surface area (Å²) >= 11 is 0. The highest BCUT2D eigenvalue weighted by molar-refractivity contribution is 5.90. The van der Waals surface area contributed by atoms with Gasteiger partial charge in [-0.2, -0.15) is 13.2 Å². The maximum absolute atomic E-state index is 14.8. The van der Waals surface area contributed by atoms with Gasteiger partial charge in [-0.3, -0.25) is 0 Å². The van der Waals surface area contributed by atoms with Gasteiger partial charge in [-0.05, 0) is 47.5 Å². The van der Waals surface area contributed by atoms with Gasteiger partial charge in [0.1, 0.15) is 23.3 Å². The predicted molar refractivity (Wildman–Crippen MR) is 114 cm³/mol. The van der Waals surface area contributed by atoms with E-state index in [4.69, 9.17) is 0 Å². The fourth-order valence-electron chi connectivity index (χ4n) is 3.50. The Morgan fingerprint density at radius 1 is 0.727 bits per heavy atom. The highest BCUT2D eigenvalue weighted by Gasteiger charge is 2.24. The fourth-order valence-corrected chi connectivity index (χ4v) is 3.50. The summed E-state index contributed by atoms with van der Waals surface area (Å²) in [6.45, 7) is 1.81. The molecular formula is C26H13F7. The van der Waals surface area contributed by atoms with E-state index in [9.17, 15) is 30.7 Å². The van der Waals surface area contributed by atoms with Gasteiger partial charge in [0.25, 0.3) is 0 Å². The van der Waals surface area contributed by atoms with Gasteiger partial charge in [0, 0.05) is 22.3 Å². The minimum absolute atomic E-state index is 0.0552. The van der Waals surface area contributed by atoms with Crippen LogP contribution < -0.4 is 0 Å².